The molecule has 53 heavy (non-hydrogen) atoms. The Labute approximate surface area is 310 Å². The van der Waals surface area contributed by atoms with Crippen molar-refractivity contribution in [1.29, 1.82) is 0 Å². The third-order valence-electron chi connectivity index (χ3n) is 12.5. The van der Waals surface area contributed by atoms with Crippen LogP contribution >= 0.6 is 0 Å². The minimum atomic E-state index is 0.0308. The minimum absolute atomic E-state index is 0.0308. The van der Waals surface area contributed by atoms with Crippen molar-refractivity contribution in [3.8, 4) is 33.4 Å². The highest BCUT2D eigenvalue weighted by molar-refractivity contribution is 6.26. The second-order valence-electron chi connectivity index (χ2n) is 15.7. The van der Waals surface area contributed by atoms with E-state index in [1.54, 1.807) is 0 Å². The van der Waals surface area contributed by atoms with Crippen molar-refractivity contribution in [1.82, 2.24) is 0 Å². The van der Waals surface area contributed by atoms with E-state index in [2.05, 4.69) is 196 Å². The fraction of sp³-hybridized carbons (Fsp3) is 0.0943. The lowest BCUT2D eigenvalue weighted by Crippen LogP contribution is -2.24. The van der Waals surface area contributed by atoms with Gasteiger partial charge >= 0.3 is 0 Å². The summed E-state index contributed by atoms with van der Waals surface area (Å²) in [6.45, 7) is 4.87. The van der Waals surface area contributed by atoms with E-state index in [4.69, 9.17) is 0 Å². The molecule has 0 N–H and O–H groups in total. The molecule has 0 aromatic heterocycles. The molecule has 0 fully saturated rings. The first-order valence-electron chi connectivity index (χ1n) is 18.9. The van der Waals surface area contributed by atoms with Gasteiger partial charge in [-0.15, -0.1) is 0 Å². The number of hydrogen-bond acceptors (Lipinski definition) is 0. The molecule has 0 nitrogen and oxygen atoms in total. The Hall–Kier alpha value is -6.24. The van der Waals surface area contributed by atoms with Crippen LogP contribution in [-0.2, 0) is 5.41 Å². The second kappa shape index (κ2) is 11.4. The standard InChI is InChI=1S/C53H38/c1-53(2)49-22-12-11-19-42(49)43-27-26-38(32-50(43)53)51-44-20-9-10-21-45(44)52(47-31-37-15-5-6-16-39(37)40-17-7-8-18-41(40)47)46-28-25-36(30-48(46)51)35-24-23-33-13-3-4-14-34(33)29-35/h3-32,42,49H,1-2H3. The van der Waals surface area contributed by atoms with Crippen LogP contribution in [0.5, 0.6) is 0 Å². The summed E-state index contributed by atoms with van der Waals surface area (Å²) in [4.78, 5) is 0. The number of allylic oxidation sites excluding steroid dienone is 4. The highest BCUT2D eigenvalue weighted by atomic mass is 14.5. The summed E-state index contributed by atoms with van der Waals surface area (Å²) >= 11 is 0. The van der Waals surface area contributed by atoms with E-state index in [1.165, 1.54) is 98.4 Å². The number of benzene rings is 9. The Bertz CT molecular complexity index is 3040. The lowest BCUT2D eigenvalue weighted by molar-refractivity contribution is 0.394. The first-order valence-corrected chi connectivity index (χ1v) is 18.9. The molecule has 2 unspecified atom stereocenters. The molecule has 2 aliphatic rings. The number of fused-ring (bicyclic) bond motifs is 9. The molecule has 0 aliphatic heterocycles. The fourth-order valence-electron chi connectivity index (χ4n) is 9.92. The van der Waals surface area contributed by atoms with Gasteiger partial charge in [-0.3, -0.25) is 0 Å². The van der Waals surface area contributed by atoms with Gasteiger partial charge in [-0.25, -0.2) is 0 Å². The highest BCUT2D eigenvalue weighted by Crippen LogP contribution is 2.55. The van der Waals surface area contributed by atoms with Gasteiger partial charge in [0.05, 0.1) is 0 Å². The molecule has 250 valence electrons. The summed E-state index contributed by atoms with van der Waals surface area (Å²) in [5, 5.41) is 12.8. The van der Waals surface area contributed by atoms with Crippen molar-refractivity contribution < 1.29 is 0 Å². The van der Waals surface area contributed by atoms with Gasteiger partial charge in [0, 0.05) is 5.92 Å². The summed E-state index contributed by atoms with van der Waals surface area (Å²) in [5.74, 6) is 0.893. The Morgan fingerprint density at radius 1 is 0.396 bits per heavy atom. The van der Waals surface area contributed by atoms with E-state index >= 15 is 0 Å². The lowest BCUT2D eigenvalue weighted by Gasteiger charge is -2.29. The summed E-state index contributed by atoms with van der Waals surface area (Å²) < 4.78 is 0. The van der Waals surface area contributed by atoms with Crippen LogP contribution in [0.1, 0.15) is 30.9 Å². The predicted octanol–water partition coefficient (Wildman–Crippen LogP) is 14.6. The number of rotatable bonds is 3. The van der Waals surface area contributed by atoms with Crippen LogP contribution in [0.2, 0.25) is 0 Å². The molecular weight excluding hydrogens is 637 g/mol. The third kappa shape index (κ3) is 4.49. The molecule has 0 heteroatoms. The van der Waals surface area contributed by atoms with Crippen molar-refractivity contribution in [2.24, 2.45) is 5.92 Å². The van der Waals surface area contributed by atoms with Crippen molar-refractivity contribution in [2.75, 3.05) is 0 Å². The predicted molar refractivity (Wildman–Crippen MR) is 228 cm³/mol. The molecule has 0 bridgehead atoms. The Balaban J connectivity index is 1.26. The zero-order valence-electron chi connectivity index (χ0n) is 30.0. The van der Waals surface area contributed by atoms with Crippen molar-refractivity contribution in [3.05, 3.63) is 193 Å². The van der Waals surface area contributed by atoms with Gasteiger partial charge in [0.15, 0.2) is 0 Å². The van der Waals surface area contributed by atoms with E-state index < -0.39 is 0 Å². The average Bonchev–Trinajstić information content (AvgIpc) is 3.44. The first-order chi connectivity index (χ1) is 26.0. The van der Waals surface area contributed by atoms with Gasteiger partial charge < -0.3 is 0 Å². The van der Waals surface area contributed by atoms with E-state index in [9.17, 15) is 0 Å². The molecule has 11 rings (SSSR count). The van der Waals surface area contributed by atoms with E-state index in [0.29, 0.717) is 11.8 Å². The van der Waals surface area contributed by atoms with Crippen LogP contribution < -0.4 is 0 Å². The first kappa shape index (κ1) is 30.4. The summed E-state index contributed by atoms with van der Waals surface area (Å²) in [6, 6.07) is 59.4. The second-order valence-corrected chi connectivity index (χ2v) is 15.7. The fourth-order valence-corrected chi connectivity index (χ4v) is 9.92. The van der Waals surface area contributed by atoms with Crippen molar-refractivity contribution in [3.63, 3.8) is 0 Å². The van der Waals surface area contributed by atoms with Crippen LogP contribution in [0.3, 0.4) is 0 Å². The van der Waals surface area contributed by atoms with Gasteiger partial charge in [0.2, 0.25) is 0 Å². The molecule has 0 spiro atoms. The SMILES string of the molecule is CC1(C)c2cc(-c3c4ccccc4c(-c4cc5ccccc5c5ccccc45)c4ccc(-c5ccc6ccccc6c5)cc34)ccc2C2C=CC=CC21. The Morgan fingerprint density at radius 2 is 1.00 bits per heavy atom. The smallest absolute Gasteiger partial charge is 0.00953 e. The molecule has 2 aliphatic carbocycles. The van der Waals surface area contributed by atoms with Crippen LogP contribution in [0.15, 0.2) is 182 Å². The minimum Gasteiger partial charge on any atom is -0.0796 e. The van der Waals surface area contributed by atoms with Gasteiger partial charge in [-0.05, 0) is 128 Å². The lowest BCUT2D eigenvalue weighted by atomic mass is 9.74. The summed E-state index contributed by atoms with van der Waals surface area (Å²) in [5.41, 5.74) is 10.6. The zero-order valence-corrected chi connectivity index (χ0v) is 30.0. The Kier molecular flexibility index (Phi) is 6.53. The number of hydrogen-bond donors (Lipinski definition) is 0. The molecule has 9 aromatic carbocycles. The molecule has 0 heterocycles. The van der Waals surface area contributed by atoms with Crippen molar-refractivity contribution >= 4 is 53.9 Å². The maximum atomic E-state index is 2.53. The monoisotopic (exact) mass is 674 g/mol. The van der Waals surface area contributed by atoms with Gasteiger partial charge in [0.1, 0.15) is 0 Å². The maximum Gasteiger partial charge on any atom is 0.00953 e. The third-order valence-corrected chi connectivity index (χ3v) is 12.5. The van der Waals surface area contributed by atoms with Crippen LogP contribution in [0.25, 0.3) is 87.2 Å². The molecule has 2 atom stereocenters. The normalized spacial score (nSPS) is 17.2. The summed E-state index contributed by atoms with van der Waals surface area (Å²) in [6.07, 6.45) is 9.29. The van der Waals surface area contributed by atoms with Gasteiger partial charge in [-0.2, -0.15) is 0 Å². The molecule has 9 aromatic rings. The average molecular weight is 675 g/mol. The van der Waals surface area contributed by atoms with Crippen LogP contribution in [0.4, 0.5) is 0 Å². The molecular formula is C53H38. The van der Waals surface area contributed by atoms with Crippen molar-refractivity contribution in [2.45, 2.75) is 25.2 Å². The molecule has 0 saturated carbocycles. The highest BCUT2D eigenvalue weighted by Gasteiger charge is 2.44. The Morgan fingerprint density at radius 3 is 1.83 bits per heavy atom. The zero-order chi connectivity index (χ0) is 35.3. The maximum absolute atomic E-state index is 2.53. The summed E-state index contributed by atoms with van der Waals surface area (Å²) in [7, 11) is 0. The topological polar surface area (TPSA) is 0 Å². The van der Waals surface area contributed by atoms with Crippen LogP contribution in [0, 0.1) is 5.92 Å². The van der Waals surface area contributed by atoms with Crippen LogP contribution in [-0.4, -0.2) is 0 Å². The largest absolute Gasteiger partial charge is 0.0796 e. The molecule has 0 saturated heterocycles. The van der Waals surface area contributed by atoms with E-state index in [1.807, 2.05) is 0 Å². The van der Waals surface area contributed by atoms with Gasteiger partial charge in [-0.1, -0.05) is 178 Å². The van der Waals surface area contributed by atoms with E-state index in [0.717, 1.165) is 0 Å². The molecule has 0 radical (unpaired) electrons. The van der Waals surface area contributed by atoms with E-state index in [-0.39, 0.29) is 5.41 Å². The quantitative estimate of drug-likeness (QED) is 0.129. The van der Waals surface area contributed by atoms with Gasteiger partial charge in [0.25, 0.3) is 0 Å². The molecule has 0 amide bonds.